The molecule has 0 saturated carbocycles. The number of furan rings is 1. The molecule has 0 aliphatic carbocycles. The molecular formula is C21H23N5O3S. The highest BCUT2D eigenvalue weighted by molar-refractivity contribution is 7.99. The molecule has 0 unspecified atom stereocenters. The first kappa shape index (κ1) is 20.2. The predicted molar refractivity (Wildman–Crippen MR) is 113 cm³/mol. The lowest BCUT2D eigenvalue weighted by molar-refractivity contribution is -0.136. The number of benzene rings is 1. The summed E-state index contributed by atoms with van der Waals surface area (Å²) in [6.45, 7) is 4.43. The lowest BCUT2D eigenvalue weighted by Crippen LogP contribution is -2.50. The van der Waals surface area contributed by atoms with E-state index in [1.165, 1.54) is 11.8 Å². The molecule has 8 nitrogen and oxygen atoms in total. The number of thioether (sulfide) groups is 1. The van der Waals surface area contributed by atoms with Crippen LogP contribution in [0.25, 0.3) is 11.6 Å². The molecule has 3 aromatic rings. The maximum absolute atomic E-state index is 12.7. The second kappa shape index (κ2) is 9.17. The van der Waals surface area contributed by atoms with Gasteiger partial charge in [0.05, 0.1) is 18.6 Å². The number of nitrogens with zero attached hydrogens (tertiary/aromatic N) is 5. The Morgan fingerprint density at radius 3 is 2.40 bits per heavy atom. The van der Waals surface area contributed by atoms with Crippen molar-refractivity contribution < 1.29 is 14.0 Å². The van der Waals surface area contributed by atoms with Crippen molar-refractivity contribution in [3.63, 3.8) is 0 Å². The van der Waals surface area contributed by atoms with Crippen LogP contribution in [-0.4, -0.2) is 68.3 Å². The Morgan fingerprint density at radius 1 is 1.00 bits per heavy atom. The lowest BCUT2D eigenvalue weighted by Gasteiger charge is -2.34. The minimum atomic E-state index is 0.0389. The van der Waals surface area contributed by atoms with Gasteiger partial charge in [-0.05, 0) is 17.7 Å². The molecule has 1 saturated heterocycles. The van der Waals surface area contributed by atoms with Gasteiger partial charge in [0.1, 0.15) is 0 Å². The number of hydrogen-bond donors (Lipinski definition) is 0. The fourth-order valence-corrected chi connectivity index (χ4v) is 4.22. The van der Waals surface area contributed by atoms with Crippen LogP contribution in [0.5, 0.6) is 0 Å². The lowest BCUT2D eigenvalue weighted by atomic mass is 10.2. The number of rotatable bonds is 6. The average Bonchev–Trinajstić information content (AvgIpc) is 3.43. The van der Waals surface area contributed by atoms with Crippen molar-refractivity contribution in [1.82, 2.24) is 24.6 Å². The minimum Gasteiger partial charge on any atom is -0.461 e. The van der Waals surface area contributed by atoms with E-state index in [1.54, 1.807) is 23.0 Å². The van der Waals surface area contributed by atoms with Gasteiger partial charge in [-0.1, -0.05) is 42.1 Å². The fourth-order valence-electron chi connectivity index (χ4n) is 3.38. The summed E-state index contributed by atoms with van der Waals surface area (Å²) in [4.78, 5) is 27.7. The van der Waals surface area contributed by atoms with Gasteiger partial charge in [0.15, 0.2) is 10.9 Å². The quantitative estimate of drug-likeness (QED) is 0.564. The Morgan fingerprint density at radius 2 is 1.73 bits per heavy atom. The molecular weight excluding hydrogens is 402 g/mol. The van der Waals surface area contributed by atoms with Crippen LogP contribution in [0.3, 0.4) is 0 Å². The average molecular weight is 426 g/mol. The molecule has 1 aliphatic heterocycles. The Kier molecular flexibility index (Phi) is 6.18. The Labute approximate surface area is 178 Å². The van der Waals surface area contributed by atoms with Gasteiger partial charge in [0, 0.05) is 33.1 Å². The largest absolute Gasteiger partial charge is 0.461 e. The fraction of sp³-hybridized carbons (Fsp3) is 0.333. The van der Waals surface area contributed by atoms with Gasteiger partial charge >= 0.3 is 0 Å². The molecule has 1 fully saturated rings. The summed E-state index contributed by atoms with van der Waals surface area (Å²) in [7, 11) is 0. The van der Waals surface area contributed by atoms with E-state index in [9.17, 15) is 9.59 Å². The van der Waals surface area contributed by atoms with E-state index < -0.39 is 0 Å². The molecule has 2 aromatic heterocycles. The number of hydrogen-bond acceptors (Lipinski definition) is 6. The maximum Gasteiger partial charge on any atom is 0.233 e. The smallest absolute Gasteiger partial charge is 0.233 e. The molecule has 0 atom stereocenters. The summed E-state index contributed by atoms with van der Waals surface area (Å²) < 4.78 is 7.49. The number of piperazine rings is 1. The van der Waals surface area contributed by atoms with Crippen molar-refractivity contribution in [2.45, 2.75) is 18.6 Å². The van der Waals surface area contributed by atoms with Crippen molar-refractivity contribution in [3.05, 3.63) is 54.3 Å². The van der Waals surface area contributed by atoms with E-state index in [1.807, 2.05) is 47.0 Å². The van der Waals surface area contributed by atoms with E-state index in [2.05, 4.69) is 10.2 Å². The first-order valence-electron chi connectivity index (χ1n) is 9.79. The number of amides is 2. The zero-order valence-corrected chi connectivity index (χ0v) is 17.5. The van der Waals surface area contributed by atoms with Gasteiger partial charge in [0.2, 0.25) is 17.6 Å². The van der Waals surface area contributed by atoms with Crippen LogP contribution in [0.15, 0.2) is 58.3 Å². The minimum absolute atomic E-state index is 0.0389. The summed E-state index contributed by atoms with van der Waals surface area (Å²) >= 11 is 1.37. The van der Waals surface area contributed by atoms with E-state index in [0.717, 1.165) is 5.56 Å². The predicted octanol–water partition coefficient (Wildman–Crippen LogP) is 2.37. The van der Waals surface area contributed by atoms with E-state index in [4.69, 9.17) is 4.42 Å². The van der Waals surface area contributed by atoms with Gasteiger partial charge in [-0.25, -0.2) is 0 Å². The topological polar surface area (TPSA) is 84.5 Å². The molecule has 1 aliphatic rings. The third kappa shape index (κ3) is 4.56. The molecule has 0 radical (unpaired) electrons. The van der Waals surface area contributed by atoms with Crippen molar-refractivity contribution in [1.29, 1.82) is 0 Å². The molecule has 0 bridgehead atoms. The highest BCUT2D eigenvalue weighted by atomic mass is 32.2. The zero-order valence-electron chi connectivity index (χ0n) is 16.7. The van der Waals surface area contributed by atoms with Crippen LogP contribution < -0.4 is 0 Å². The highest BCUT2D eigenvalue weighted by Gasteiger charge is 2.24. The van der Waals surface area contributed by atoms with Gasteiger partial charge in [0.25, 0.3) is 0 Å². The van der Waals surface area contributed by atoms with Crippen molar-refractivity contribution >= 4 is 23.6 Å². The van der Waals surface area contributed by atoms with E-state index in [-0.39, 0.29) is 17.6 Å². The molecule has 4 rings (SSSR count). The molecule has 30 heavy (non-hydrogen) atoms. The second-order valence-electron chi connectivity index (χ2n) is 7.03. The number of aromatic nitrogens is 3. The van der Waals surface area contributed by atoms with Gasteiger partial charge in [-0.3, -0.25) is 14.2 Å². The normalized spacial score (nSPS) is 14.2. The van der Waals surface area contributed by atoms with Crippen LogP contribution in [0, 0.1) is 0 Å². The van der Waals surface area contributed by atoms with Crippen LogP contribution in [0.2, 0.25) is 0 Å². The summed E-state index contributed by atoms with van der Waals surface area (Å²) in [5, 5.41) is 9.28. The highest BCUT2D eigenvalue weighted by Crippen LogP contribution is 2.26. The molecule has 3 heterocycles. The Hall–Kier alpha value is -3.07. The molecule has 0 spiro atoms. The zero-order chi connectivity index (χ0) is 20.9. The van der Waals surface area contributed by atoms with Gasteiger partial charge in [-0.15, -0.1) is 10.2 Å². The standard InChI is InChI=1S/C21H23N5O3S/c1-16(27)24-9-11-25(12-10-24)19(28)15-30-21-23-22-20(18-8-5-13-29-18)26(21)14-17-6-3-2-4-7-17/h2-8,13H,9-12,14-15H2,1H3. The summed E-state index contributed by atoms with van der Waals surface area (Å²) in [5.74, 6) is 1.63. The molecule has 2 amide bonds. The van der Waals surface area contributed by atoms with Crippen molar-refractivity contribution in [2.75, 3.05) is 31.9 Å². The first-order valence-corrected chi connectivity index (χ1v) is 10.8. The maximum atomic E-state index is 12.7. The summed E-state index contributed by atoms with van der Waals surface area (Å²) in [6.07, 6.45) is 1.61. The molecule has 1 aromatic carbocycles. The monoisotopic (exact) mass is 425 g/mol. The molecule has 9 heteroatoms. The van der Waals surface area contributed by atoms with Crippen LogP contribution in [0.4, 0.5) is 0 Å². The summed E-state index contributed by atoms with van der Waals surface area (Å²) in [6, 6.07) is 13.7. The number of carbonyl (C=O) groups is 2. The summed E-state index contributed by atoms with van der Waals surface area (Å²) in [5.41, 5.74) is 1.11. The van der Waals surface area contributed by atoms with Gasteiger partial charge < -0.3 is 14.2 Å². The second-order valence-corrected chi connectivity index (χ2v) is 7.97. The van der Waals surface area contributed by atoms with Crippen LogP contribution >= 0.6 is 11.8 Å². The van der Waals surface area contributed by atoms with E-state index >= 15 is 0 Å². The molecule has 156 valence electrons. The van der Waals surface area contributed by atoms with Gasteiger partial charge in [-0.2, -0.15) is 0 Å². The third-order valence-corrected chi connectivity index (χ3v) is 6.00. The van der Waals surface area contributed by atoms with E-state index in [0.29, 0.717) is 49.5 Å². The Bertz CT molecular complexity index is 995. The Balaban J connectivity index is 1.46. The van der Waals surface area contributed by atoms with Crippen molar-refractivity contribution in [3.8, 4) is 11.6 Å². The number of carbonyl (C=O) groups excluding carboxylic acids is 2. The molecule has 0 N–H and O–H groups in total. The van der Waals surface area contributed by atoms with Crippen LogP contribution in [0.1, 0.15) is 12.5 Å². The third-order valence-electron chi connectivity index (χ3n) is 5.04. The van der Waals surface area contributed by atoms with Crippen LogP contribution in [-0.2, 0) is 16.1 Å². The first-order chi connectivity index (χ1) is 14.6. The van der Waals surface area contributed by atoms with Crippen molar-refractivity contribution in [2.24, 2.45) is 0 Å². The SMILES string of the molecule is CC(=O)N1CCN(C(=O)CSc2nnc(-c3ccco3)n2Cc2ccccc2)CC1.